The SMILES string of the molecule is CCCNC(=O)C1CC(c2ccc(Cl)o2)=NO1. The van der Waals surface area contributed by atoms with E-state index in [-0.39, 0.29) is 5.91 Å². The molecular weight excluding hydrogens is 244 g/mol. The van der Waals surface area contributed by atoms with Gasteiger partial charge in [0.2, 0.25) is 6.10 Å². The van der Waals surface area contributed by atoms with E-state index in [0.717, 1.165) is 6.42 Å². The van der Waals surface area contributed by atoms with Crippen molar-refractivity contribution in [2.45, 2.75) is 25.9 Å². The molecule has 5 nitrogen and oxygen atoms in total. The van der Waals surface area contributed by atoms with Crippen molar-refractivity contribution in [1.29, 1.82) is 0 Å². The zero-order valence-corrected chi connectivity index (χ0v) is 10.2. The highest BCUT2D eigenvalue weighted by Gasteiger charge is 2.29. The van der Waals surface area contributed by atoms with Crippen LogP contribution in [0.3, 0.4) is 0 Å². The normalized spacial score (nSPS) is 18.7. The van der Waals surface area contributed by atoms with E-state index < -0.39 is 6.10 Å². The van der Waals surface area contributed by atoms with Crippen molar-refractivity contribution in [2.75, 3.05) is 6.54 Å². The fourth-order valence-electron chi connectivity index (χ4n) is 1.49. The number of hydrogen-bond acceptors (Lipinski definition) is 4. The first-order valence-corrected chi connectivity index (χ1v) is 5.84. The van der Waals surface area contributed by atoms with Crippen LogP contribution in [-0.4, -0.2) is 24.3 Å². The second kappa shape index (κ2) is 5.23. The van der Waals surface area contributed by atoms with Crippen molar-refractivity contribution in [3.63, 3.8) is 0 Å². The van der Waals surface area contributed by atoms with Crippen LogP contribution in [0, 0.1) is 0 Å². The molecule has 1 amide bonds. The lowest BCUT2D eigenvalue weighted by Crippen LogP contribution is -2.35. The second-order valence-electron chi connectivity index (χ2n) is 3.73. The summed E-state index contributed by atoms with van der Waals surface area (Å²) in [7, 11) is 0. The first-order chi connectivity index (χ1) is 8.20. The van der Waals surface area contributed by atoms with Gasteiger partial charge in [-0.3, -0.25) is 4.79 Å². The first kappa shape index (κ1) is 12.0. The number of carbonyl (C=O) groups excluding carboxylic acids is 1. The zero-order chi connectivity index (χ0) is 12.3. The highest BCUT2D eigenvalue weighted by atomic mass is 35.5. The third kappa shape index (κ3) is 2.79. The van der Waals surface area contributed by atoms with E-state index in [1.165, 1.54) is 0 Å². The number of hydrogen-bond donors (Lipinski definition) is 1. The van der Waals surface area contributed by atoms with Crippen LogP contribution in [0.1, 0.15) is 25.5 Å². The molecule has 0 radical (unpaired) electrons. The number of rotatable bonds is 4. The summed E-state index contributed by atoms with van der Waals surface area (Å²) >= 11 is 5.66. The number of halogens is 1. The fourth-order valence-corrected chi connectivity index (χ4v) is 1.64. The minimum absolute atomic E-state index is 0.150. The zero-order valence-electron chi connectivity index (χ0n) is 9.40. The lowest BCUT2D eigenvalue weighted by atomic mass is 10.1. The van der Waals surface area contributed by atoms with Crippen LogP contribution < -0.4 is 5.32 Å². The standard InChI is InChI=1S/C11H13ClN2O3/c1-2-5-13-11(15)9-6-7(14-17-9)8-3-4-10(12)16-8/h3-4,9H,2,5-6H2,1H3,(H,13,15). The third-order valence-electron chi connectivity index (χ3n) is 2.37. The quantitative estimate of drug-likeness (QED) is 0.896. The van der Waals surface area contributed by atoms with Crippen molar-refractivity contribution in [3.05, 3.63) is 23.1 Å². The van der Waals surface area contributed by atoms with E-state index in [4.69, 9.17) is 20.9 Å². The molecule has 92 valence electrons. The Kier molecular flexibility index (Phi) is 3.68. The number of amides is 1. The molecule has 0 saturated heterocycles. The van der Waals surface area contributed by atoms with Crippen LogP contribution in [0.2, 0.25) is 5.22 Å². The van der Waals surface area contributed by atoms with Crippen molar-refractivity contribution in [3.8, 4) is 0 Å². The number of nitrogens with one attached hydrogen (secondary N) is 1. The Hall–Kier alpha value is -1.49. The topological polar surface area (TPSA) is 63.8 Å². The van der Waals surface area contributed by atoms with Gasteiger partial charge in [0.15, 0.2) is 11.0 Å². The molecule has 0 fully saturated rings. The summed E-state index contributed by atoms with van der Waals surface area (Å²) in [6.45, 7) is 2.63. The van der Waals surface area contributed by atoms with Crippen LogP contribution in [0.5, 0.6) is 0 Å². The van der Waals surface area contributed by atoms with Gasteiger partial charge in [0, 0.05) is 13.0 Å². The second-order valence-corrected chi connectivity index (χ2v) is 4.10. The smallest absolute Gasteiger partial charge is 0.264 e. The Balaban J connectivity index is 1.92. The summed E-state index contributed by atoms with van der Waals surface area (Å²) in [5.41, 5.74) is 0.605. The maximum absolute atomic E-state index is 11.6. The molecule has 2 rings (SSSR count). The number of nitrogens with zero attached hydrogens (tertiary/aromatic N) is 1. The summed E-state index contributed by atoms with van der Waals surface area (Å²) in [6.07, 6.45) is 0.722. The number of furan rings is 1. The van der Waals surface area contributed by atoms with Crippen LogP contribution in [0.4, 0.5) is 0 Å². The van der Waals surface area contributed by atoms with E-state index in [1.54, 1.807) is 12.1 Å². The highest BCUT2D eigenvalue weighted by molar-refractivity contribution is 6.29. The molecule has 1 aliphatic rings. The molecule has 1 aromatic rings. The Morgan fingerprint density at radius 1 is 1.65 bits per heavy atom. The van der Waals surface area contributed by atoms with Crippen LogP contribution >= 0.6 is 11.6 Å². The van der Waals surface area contributed by atoms with Gasteiger partial charge >= 0.3 is 0 Å². The molecule has 1 atom stereocenters. The molecule has 1 aliphatic heterocycles. The molecular formula is C11H13ClN2O3. The number of oxime groups is 1. The Morgan fingerprint density at radius 2 is 2.47 bits per heavy atom. The van der Waals surface area contributed by atoms with Gasteiger partial charge < -0.3 is 14.6 Å². The lowest BCUT2D eigenvalue weighted by molar-refractivity contribution is -0.131. The average Bonchev–Trinajstić information content (AvgIpc) is 2.93. The molecule has 1 N–H and O–H groups in total. The maximum Gasteiger partial charge on any atom is 0.264 e. The average molecular weight is 257 g/mol. The minimum atomic E-state index is -0.569. The minimum Gasteiger partial charge on any atom is -0.443 e. The summed E-state index contributed by atoms with van der Waals surface area (Å²) < 4.78 is 5.20. The van der Waals surface area contributed by atoms with Crippen molar-refractivity contribution < 1.29 is 14.0 Å². The lowest BCUT2D eigenvalue weighted by Gasteiger charge is -2.07. The Morgan fingerprint density at radius 3 is 3.12 bits per heavy atom. The maximum atomic E-state index is 11.6. The molecule has 6 heteroatoms. The van der Waals surface area contributed by atoms with Gasteiger partial charge in [-0.25, -0.2) is 0 Å². The predicted molar refractivity (Wildman–Crippen MR) is 63.0 cm³/mol. The number of carbonyl (C=O) groups is 1. The van der Waals surface area contributed by atoms with E-state index >= 15 is 0 Å². The van der Waals surface area contributed by atoms with Crippen LogP contribution in [0.25, 0.3) is 0 Å². The van der Waals surface area contributed by atoms with E-state index in [9.17, 15) is 4.79 Å². The van der Waals surface area contributed by atoms with E-state index in [2.05, 4.69) is 10.5 Å². The van der Waals surface area contributed by atoms with Crippen molar-refractivity contribution in [2.24, 2.45) is 5.16 Å². The molecule has 0 saturated carbocycles. The third-order valence-corrected chi connectivity index (χ3v) is 2.57. The highest BCUT2D eigenvalue weighted by Crippen LogP contribution is 2.20. The van der Waals surface area contributed by atoms with Gasteiger partial charge in [-0.05, 0) is 30.2 Å². The molecule has 0 aliphatic carbocycles. The van der Waals surface area contributed by atoms with E-state index in [0.29, 0.717) is 29.7 Å². The van der Waals surface area contributed by atoms with Gasteiger partial charge in [-0.2, -0.15) is 0 Å². The molecule has 0 spiro atoms. The van der Waals surface area contributed by atoms with Gasteiger partial charge in [-0.1, -0.05) is 12.1 Å². The predicted octanol–water partition coefficient (Wildman–Crippen LogP) is 1.95. The van der Waals surface area contributed by atoms with Gasteiger partial charge in [-0.15, -0.1) is 0 Å². The Bertz CT molecular complexity index is 442. The summed E-state index contributed by atoms with van der Waals surface area (Å²) in [5, 5.41) is 6.88. The summed E-state index contributed by atoms with van der Waals surface area (Å²) in [5.74, 6) is 0.393. The van der Waals surface area contributed by atoms with Crippen LogP contribution in [-0.2, 0) is 9.63 Å². The van der Waals surface area contributed by atoms with Crippen molar-refractivity contribution in [1.82, 2.24) is 5.32 Å². The molecule has 0 bridgehead atoms. The monoisotopic (exact) mass is 256 g/mol. The van der Waals surface area contributed by atoms with Gasteiger partial charge in [0.25, 0.3) is 5.91 Å². The molecule has 2 heterocycles. The van der Waals surface area contributed by atoms with E-state index in [1.807, 2.05) is 6.92 Å². The molecule has 1 unspecified atom stereocenters. The first-order valence-electron chi connectivity index (χ1n) is 5.47. The van der Waals surface area contributed by atoms with Crippen LogP contribution in [0.15, 0.2) is 21.7 Å². The summed E-state index contributed by atoms with van der Waals surface area (Å²) in [6, 6.07) is 3.33. The molecule has 17 heavy (non-hydrogen) atoms. The van der Waals surface area contributed by atoms with Crippen molar-refractivity contribution >= 4 is 23.2 Å². The fraction of sp³-hybridized carbons (Fsp3) is 0.455. The molecule has 0 aromatic carbocycles. The Labute approximate surface area is 104 Å². The largest absolute Gasteiger partial charge is 0.443 e. The summed E-state index contributed by atoms with van der Waals surface area (Å²) in [4.78, 5) is 16.7. The van der Waals surface area contributed by atoms with Gasteiger partial charge in [0.1, 0.15) is 5.71 Å². The van der Waals surface area contributed by atoms with Gasteiger partial charge in [0.05, 0.1) is 0 Å². The molecule has 1 aromatic heterocycles.